The average Bonchev–Trinajstić information content (AvgIpc) is 2.45. The Balaban J connectivity index is 2.00. The summed E-state index contributed by atoms with van der Waals surface area (Å²) in [7, 11) is -3.20. The number of nitrogens with two attached hydrogens (primary N) is 1. The van der Waals surface area contributed by atoms with E-state index in [0.29, 0.717) is 17.8 Å². The summed E-state index contributed by atoms with van der Waals surface area (Å²) in [5, 5.41) is 2.76. The molecule has 0 aliphatic heterocycles. The summed E-state index contributed by atoms with van der Waals surface area (Å²) in [5.74, 6) is -0.206. The van der Waals surface area contributed by atoms with Crippen LogP contribution in [0.1, 0.15) is 15.9 Å². The van der Waals surface area contributed by atoms with E-state index in [1.54, 1.807) is 36.4 Å². The topological polar surface area (TPSA) is 89.3 Å². The highest BCUT2D eigenvalue weighted by Crippen LogP contribution is 2.10. The third kappa shape index (κ3) is 4.06. The van der Waals surface area contributed by atoms with E-state index < -0.39 is 9.84 Å². The van der Waals surface area contributed by atoms with Gasteiger partial charge in [-0.25, -0.2) is 8.42 Å². The second-order valence-electron chi connectivity index (χ2n) is 4.72. The Bertz CT molecular complexity index is 735. The zero-order valence-electron chi connectivity index (χ0n) is 11.5. The van der Waals surface area contributed by atoms with Crippen LogP contribution in [-0.4, -0.2) is 20.6 Å². The smallest absolute Gasteiger partial charge is 0.251 e. The first-order chi connectivity index (χ1) is 9.86. The van der Waals surface area contributed by atoms with Gasteiger partial charge in [-0.15, -0.1) is 0 Å². The predicted octanol–water partition coefficient (Wildman–Crippen LogP) is 1.60. The van der Waals surface area contributed by atoms with Gasteiger partial charge in [-0.05, 0) is 42.0 Å². The normalized spacial score (nSPS) is 11.1. The minimum absolute atomic E-state index is 0.206. The molecule has 0 spiro atoms. The highest BCUT2D eigenvalue weighted by Gasteiger charge is 2.07. The number of carbonyl (C=O) groups is 1. The Hall–Kier alpha value is -2.34. The number of hydrogen-bond acceptors (Lipinski definition) is 4. The second-order valence-corrected chi connectivity index (χ2v) is 6.74. The van der Waals surface area contributed by atoms with Crippen molar-refractivity contribution in [3.8, 4) is 0 Å². The van der Waals surface area contributed by atoms with Crippen molar-refractivity contribution < 1.29 is 13.2 Å². The predicted molar refractivity (Wildman–Crippen MR) is 81.6 cm³/mol. The molecule has 0 fully saturated rings. The summed E-state index contributed by atoms with van der Waals surface area (Å²) in [6.07, 6.45) is 1.16. The number of hydrogen-bond donors (Lipinski definition) is 2. The Labute approximate surface area is 123 Å². The molecule has 0 aliphatic carbocycles. The van der Waals surface area contributed by atoms with Crippen LogP contribution in [0.4, 0.5) is 5.69 Å². The number of benzene rings is 2. The first-order valence-electron chi connectivity index (χ1n) is 6.29. The van der Waals surface area contributed by atoms with Crippen LogP contribution in [0.15, 0.2) is 53.4 Å². The molecule has 0 radical (unpaired) electrons. The number of nitrogens with one attached hydrogen (secondary N) is 1. The minimum Gasteiger partial charge on any atom is -0.399 e. The summed E-state index contributed by atoms with van der Waals surface area (Å²) >= 11 is 0. The Kier molecular flexibility index (Phi) is 4.28. The van der Waals surface area contributed by atoms with E-state index in [1.165, 1.54) is 12.1 Å². The molecule has 0 bridgehead atoms. The van der Waals surface area contributed by atoms with Crippen molar-refractivity contribution in [3.63, 3.8) is 0 Å². The molecular weight excluding hydrogens is 288 g/mol. The van der Waals surface area contributed by atoms with Gasteiger partial charge in [-0.2, -0.15) is 0 Å². The van der Waals surface area contributed by atoms with Gasteiger partial charge in [0.25, 0.3) is 5.91 Å². The Morgan fingerprint density at radius 2 is 1.62 bits per heavy atom. The fraction of sp³-hybridized carbons (Fsp3) is 0.133. The summed E-state index contributed by atoms with van der Waals surface area (Å²) in [6, 6.07) is 13.0. The molecule has 0 aliphatic rings. The molecule has 0 saturated heterocycles. The van der Waals surface area contributed by atoms with Crippen molar-refractivity contribution in [1.82, 2.24) is 5.32 Å². The van der Waals surface area contributed by atoms with E-state index in [0.717, 1.165) is 11.8 Å². The molecule has 0 heterocycles. The molecule has 0 atom stereocenters. The third-order valence-electron chi connectivity index (χ3n) is 2.98. The molecule has 2 aromatic carbocycles. The molecule has 110 valence electrons. The summed E-state index contributed by atoms with van der Waals surface area (Å²) in [5.41, 5.74) is 7.51. The molecule has 6 heteroatoms. The lowest BCUT2D eigenvalue weighted by Crippen LogP contribution is -2.22. The number of carbonyl (C=O) groups excluding carboxylic acids is 1. The van der Waals surface area contributed by atoms with Crippen molar-refractivity contribution in [2.45, 2.75) is 11.4 Å². The minimum atomic E-state index is -3.20. The van der Waals surface area contributed by atoms with Gasteiger partial charge in [-0.3, -0.25) is 4.79 Å². The third-order valence-corrected chi connectivity index (χ3v) is 4.11. The number of rotatable bonds is 4. The molecule has 3 N–H and O–H groups in total. The maximum Gasteiger partial charge on any atom is 0.251 e. The van der Waals surface area contributed by atoms with E-state index in [1.807, 2.05) is 0 Å². The Morgan fingerprint density at radius 1 is 1.05 bits per heavy atom. The van der Waals surface area contributed by atoms with E-state index in [-0.39, 0.29) is 10.8 Å². The first kappa shape index (κ1) is 15.1. The monoisotopic (exact) mass is 304 g/mol. The SMILES string of the molecule is CS(=O)(=O)c1ccc(CNC(=O)c2ccc(N)cc2)cc1. The molecule has 0 saturated carbocycles. The molecule has 21 heavy (non-hydrogen) atoms. The first-order valence-corrected chi connectivity index (χ1v) is 8.18. The molecule has 2 rings (SSSR count). The van der Waals surface area contributed by atoms with Gasteiger partial charge in [0.1, 0.15) is 0 Å². The van der Waals surface area contributed by atoms with E-state index >= 15 is 0 Å². The molecule has 5 nitrogen and oxygen atoms in total. The highest BCUT2D eigenvalue weighted by atomic mass is 32.2. The van der Waals surface area contributed by atoms with Crippen LogP contribution in [0, 0.1) is 0 Å². The Morgan fingerprint density at radius 3 is 2.14 bits per heavy atom. The van der Waals surface area contributed by atoms with Gasteiger partial charge in [0.05, 0.1) is 4.90 Å². The van der Waals surface area contributed by atoms with E-state index in [4.69, 9.17) is 5.73 Å². The van der Waals surface area contributed by atoms with Gasteiger partial charge in [0.2, 0.25) is 0 Å². The zero-order valence-corrected chi connectivity index (χ0v) is 12.4. The molecule has 2 aromatic rings. The largest absolute Gasteiger partial charge is 0.399 e. The van der Waals surface area contributed by atoms with Gasteiger partial charge < -0.3 is 11.1 Å². The van der Waals surface area contributed by atoms with Crippen LogP contribution in [0.2, 0.25) is 0 Å². The number of nitrogen functional groups attached to an aromatic ring is 1. The maximum absolute atomic E-state index is 11.9. The quantitative estimate of drug-likeness (QED) is 0.840. The second kappa shape index (κ2) is 5.97. The van der Waals surface area contributed by atoms with Crippen molar-refractivity contribution >= 4 is 21.4 Å². The molecule has 0 unspecified atom stereocenters. The van der Waals surface area contributed by atoms with Crippen molar-refractivity contribution in [2.75, 3.05) is 12.0 Å². The molecule has 0 aromatic heterocycles. The fourth-order valence-electron chi connectivity index (χ4n) is 1.77. The van der Waals surface area contributed by atoms with Crippen LogP contribution in [0.3, 0.4) is 0 Å². The average molecular weight is 304 g/mol. The van der Waals surface area contributed by atoms with Gasteiger partial charge in [0.15, 0.2) is 9.84 Å². The number of sulfone groups is 1. The lowest BCUT2D eigenvalue weighted by molar-refractivity contribution is 0.0951. The van der Waals surface area contributed by atoms with Crippen LogP contribution in [-0.2, 0) is 16.4 Å². The van der Waals surface area contributed by atoms with Gasteiger partial charge >= 0.3 is 0 Å². The van der Waals surface area contributed by atoms with Crippen molar-refractivity contribution in [2.24, 2.45) is 0 Å². The molecule has 1 amide bonds. The summed E-state index contributed by atoms with van der Waals surface area (Å²) < 4.78 is 22.7. The zero-order chi connectivity index (χ0) is 15.5. The van der Waals surface area contributed by atoms with E-state index in [9.17, 15) is 13.2 Å². The lowest BCUT2D eigenvalue weighted by atomic mass is 10.2. The van der Waals surface area contributed by atoms with Crippen LogP contribution >= 0.6 is 0 Å². The van der Waals surface area contributed by atoms with Crippen LogP contribution < -0.4 is 11.1 Å². The van der Waals surface area contributed by atoms with Crippen molar-refractivity contribution in [3.05, 3.63) is 59.7 Å². The maximum atomic E-state index is 11.9. The summed E-state index contributed by atoms with van der Waals surface area (Å²) in [4.78, 5) is 12.2. The van der Waals surface area contributed by atoms with Crippen molar-refractivity contribution in [1.29, 1.82) is 0 Å². The van der Waals surface area contributed by atoms with Gasteiger partial charge in [0, 0.05) is 24.1 Å². The van der Waals surface area contributed by atoms with Crippen LogP contribution in [0.25, 0.3) is 0 Å². The lowest BCUT2D eigenvalue weighted by Gasteiger charge is -2.06. The standard InChI is InChI=1S/C15H16N2O3S/c1-21(19,20)14-8-2-11(3-9-14)10-17-15(18)12-4-6-13(16)7-5-12/h2-9H,10,16H2,1H3,(H,17,18). The fourth-order valence-corrected chi connectivity index (χ4v) is 2.40. The van der Waals surface area contributed by atoms with E-state index in [2.05, 4.69) is 5.32 Å². The van der Waals surface area contributed by atoms with Crippen LogP contribution in [0.5, 0.6) is 0 Å². The highest BCUT2D eigenvalue weighted by molar-refractivity contribution is 7.90. The van der Waals surface area contributed by atoms with Gasteiger partial charge in [-0.1, -0.05) is 12.1 Å². The molecular formula is C15H16N2O3S. The summed E-state index contributed by atoms with van der Waals surface area (Å²) in [6.45, 7) is 0.327. The number of amides is 1. The number of anilines is 1.